The Labute approximate surface area is 127 Å². The molecule has 2 aromatic rings. The molecule has 1 nitrogen and oxygen atoms in total. The van der Waals surface area contributed by atoms with Gasteiger partial charge in [-0.3, -0.25) is 0 Å². The predicted molar refractivity (Wildman–Crippen MR) is 90.2 cm³/mol. The first-order valence-corrected chi connectivity index (χ1v) is 7.34. The molecular weight excluding hydrogens is 256 g/mol. The molecule has 0 aliphatic rings. The van der Waals surface area contributed by atoms with Crippen molar-refractivity contribution in [2.24, 2.45) is 0 Å². The summed E-state index contributed by atoms with van der Waals surface area (Å²) in [5.74, 6) is 0. The van der Waals surface area contributed by atoms with Gasteiger partial charge in [-0.05, 0) is 30.0 Å². The Bertz CT molecular complexity index is 528. The highest BCUT2D eigenvalue weighted by Gasteiger charge is 2.06. The molecule has 0 aromatic heterocycles. The SMILES string of the molecule is C=CCOC(C)CC=C(c1ccccc1)c1ccccc1. The summed E-state index contributed by atoms with van der Waals surface area (Å²) in [5.41, 5.74) is 3.73. The van der Waals surface area contributed by atoms with Crippen molar-refractivity contribution in [3.05, 3.63) is 90.5 Å². The van der Waals surface area contributed by atoms with Crippen LogP contribution in [0, 0.1) is 0 Å². The minimum atomic E-state index is 0.186. The maximum absolute atomic E-state index is 5.65. The molecule has 0 saturated carbocycles. The summed E-state index contributed by atoms with van der Waals surface area (Å²) in [6, 6.07) is 21.0. The Morgan fingerprint density at radius 2 is 1.52 bits per heavy atom. The molecule has 1 unspecified atom stereocenters. The maximum Gasteiger partial charge on any atom is 0.0648 e. The van der Waals surface area contributed by atoms with E-state index in [1.165, 1.54) is 16.7 Å². The van der Waals surface area contributed by atoms with Gasteiger partial charge in [-0.1, -0.05) is 72.8 Å². The molecule has 2 rings (SSSR count). The summed E-state index contributed by atoms with van der Waals surface area (Å²) >= 11 is 0. The molecule has 0 fully saturated rings. The molecular formula is C20H22O. The first kappa shape index (κ1) is 15.3. The third-order valence-electron chi connectivity index (χ3n) is 3.32. The minimum absolute atomic E-state index is 0.186. The molecule has 1 atom stereocenters. The van der Waals surface area contributed by atoms with Crippen LogP contribution in [0.5, 0.6) is 0 Å². The van der Waals surface area contributed by atoms with Gasteiger partial charge < -0.3 is 4.74 Å². The third-order valence-corrected chi connectivity index (χ3v) is 3.32. The van der Waals surface area contributed by atoms with Crippen LogP contribution < -0.4 is 0 Å². The summed E-state index contributed by atoms with van der Waals surface area (Å²) in [7, 11) is 0. The van der Waals surface area contributed by atoms with Crippen molar-refractivity contribution in [1.29, 1.82) is 0 Å². The van der Waals surface area contributed by atoms with Gasteiger partial charge in [0, 0.05) is 0 Å². The van der Waals surface area contributed by atoms with Gasteiger partial charge in [-0.2, -0.15) is 0 Å². The van der Waals surface area contributed by atoms with E-state index in [2.05, 4.69) is 68.1 Å². The van der Waals surface area contributed by atoms with Crippen molar-refractivity contribution in [3.63, 3.8) is 0 Å². The lowest BCUT2D eigenvalue weighted by Gasteiger charge is -2.12. The molecule has 0 aliphatic heterocycles. The standard InChI is InChI=1S/C20H22O/c1-3-16-21-17(2)14-15-20(18-10-6-4-7-11-18)19-12-8-5-9-13-19/h3-13,15,17H,1,14,16H2,2H3. The van der Waals surface area contributed by atoms with Crippen LogP contribution in [0.15, 0.2) is 79.4 Å². The zero-order valence-electron chi connectivity index (χ0n) is 12.5. The van der Waals surface area contributed by atoms with E-state index in [-0.39, 0.29) is 6.10 Å². The van der Waals surface area contributed by atoms with Crippen LogP contribution in [0.1, 0.15) is 24.5 Å². The van der Waals surface area contributed by atoms with Gasteiger partial charge in [0.25, 0.3) is 0 Å². The Morgan fingerprint density at radius 1 is 1.00 bits per heavy atom. The lowest BCUT2D eigenvalue weighted by Crippen LogP contribution is -2.06. The summed E-state index contributed by atoms with van der Waals surface area (Å²) in [4.78, 5) is 0. The summed E-state index contributed by atoms with van der Waals surface area (Å²) in [6.45, 7) is 6.37. The second kappa shape index (κ2) is 8.23. The quantitative estimate of drug-likeness (QED) is 0.640. The Morgan fingerprint density at radius 3 is 2.00 bits per heavy atom. The van der Waals surface area contributed by atoms with Crippen LogP contribution >= 0.6 is 0 Å². The highest BCUT2D eigenvalue weighted by molar-refractivity contribution is 5.79. The van der Waals surface area contributed by atoms with Crippen molar-refractivity contribution in [3.8, 4) is 0 Å². The molecule has 2 aromatic carbocycles. The molecule has 0 spiro atoms. The fraction of sp³-hybridized carbons (Fsp3) is 0.200. The molecule has 0 radical (unpaired) electrons. The summed E-state index contributed by atoms with van der Waals surface area (Å²) in [6.07, 6.45) is 5.12. The molecule has 1 heteroatoms. The molecule has 0 aliphatic carbocycles. The van der Waals surface area contributed by atoms with Gasteiger partial charge in [-0.15, -0.1) is 6.58 Å². The van der Waals surface area contributed by atoms with E-state index >= 15 is 0 Å². The predicted octanol–water partition coefficient (Wildman–Crippen LogP) is 5.10. The van der Waals surface area contributed by atoms with Crippen LogP contribution in [0.4, 0.5) is 0 Å². The molecule has 0 heterocycles. The third kappa shape index (κ3) is 4.73. The first-order valence-electron chi connectivity index (χ1n) is 7.34. The van der Waals surface area contributed by atoms with Gasteiger partial charge in [0.1, 0.15) is 0 Å². The van der Waals surface area contributed by atoms with E-state index in [4.69, 9.17) is 4.74 Å². The maximum atomic E-state index is 5.65. The van der Waals surface area contributed by atoms with Crippen molar-refractivity contribution in [2.45, 2.75) is 19.4 Å². The van der Waals surface area contributed by atoms with Crippen molar-refractivity contribution in [2.75, 3.05) is 6.61 Å². The van der Waals surface area contributed by atoms with E-state index in [0.717, 1.165) is 6.42 Å². The van der Waals surface area contributed by atoms with E-state index in [1.54, 1.807) is 6.08 Å². The molecule has 0 bridgehead atoms. The van der Waals surface area contributed by atoms with Gasteiger partial charge >= 0.3 is 0 Å². The number of benzene rings is 2. The molecule has 0 saturated heterocycles. The molecule has 21 heavy (non-hydrogen) atoms. The zero-order valence-corrected chi connectivity index (χ0v) is 12.5. The number of rotatable bonds is 7. The monoisotopic (exact) mass is 278 g/mol. The van der Waals surface area contributed by atoms with E-state index in [0.29, 0.717) is 6.61 Å². The largest absolute Gasteiger partial charge is 0.374 e. The Kier molecular flexibility index (Phi) is 5.99. The van der Waals surface area contributed by atoms with Crippen LogP contribution in [0.25, 0.3) is 5.57 Å². The highest BCUT2D eigenvalue weighted by Crippen LogP contribution is 2.24. The fourth-order valence-corrected chi connectivity index (χ4v) is 2.22. The summed E-state index contributed by atoms with van der Waals surface area (Å²) < 4.78 is 5.65. The van der Waals surface area contributed by atoms with Crippen LogP contribution in [-0.2, 0) is 4.74 Å². The van der Waals surface area contributed by atoms with Crippen LogP contribution in [0.3, 0.4) is 0 Å². The van der Waals surface area contributed by atoms with Crippen molar-refractivity contribution < 1.29 is 4.74 Å². The number of hydrogen-bond acceptors (Lipinski definition) is 1. The van der Waals surface area contributed by atoms with E-state index in [9.17, 15) is 0 Å². The van der Waals surface area contributed by atoms with Crippen molar-refractivity contribution in [1.82, 2.24) is 0 Å². The lowest BCUT2D eigenvalue weighted by atomic mass is 9.96. The lowest BCUT2D eigenvalue weighted by molar-refractivity contribution is 0.0909. The van der Waals surface area contributed by atoms with Crippen LogP contribution in [0.2, 0.25) is 0 Å². The van der Waals surface area contributed by atoms with Gasteiger partial charge in [0.15, 0.2) is 0 Å². The normalized spacial score (nSPS) is 11.7. The molecule has 108 valence electrons. The second-order valence-electron chi connectivity index (χ2n) is 5.02. The first-order chi connectivity index (χ1) is 10.3. The van der Waals surface area contributed by atoms with E-state index in [1.807, 2.05) is 12.1 Å². The zero-order chi connectivity index (χ0) is 14.9. The second-order valence-corrected chi connectivity index (χ2v) is 5.02. The average Bonchev–Trinajstić information content (AvgIpc) is 2.55. The summed E-state index contributed by atoms with van der Waals surface area (Å²) in [5, 5.41) is 0. The smallest absolute Gasteiger partial charge is 0.0648 e. The Balaban J connectivity index is 2.22. The number of hydrogen-bond donors (Lipinski definition) is 0. The fourth-order valence-electron chi connectivity index (χ4n) is 2.22. The van der Waals surface area contributed by atoms with Crippen molar-refractivity contribution >= 4 is 5.57 Å². The van der Waals surface area contributed by atoms with Gasteiger partial charge in [-0.25, -0.2) is 0 Å². The molecule has 0 amide bonds. The van der Waals surface area contributed by atoms with E-state index < -0.39 is 0 Å². The van der Waals surface area contributed by atoms with Gasteiger partial charge in [0.05, 0.1) is 12.7 Å². The topological polar surface area (TPSA) is 9.23 Å². The average molecular weight is 278 g/mol. The van der Waals surface area contributed by atoms with Gasteiger partial charge in [0.2, 0.25) is 0 Å². The Hall–Kier alpha value is -2.12. The van der Waals surface area contributed by atoms with Crippen LogP contribution in [-0.4, -0.2) is 12.7 Å². The highest BCUT2D eigenvalue weighted by atomic mass is 16.5. The minimum Gasteiger partial charge on any atom is -0.374 e. The number of ether oxygens (including phenoxy) is 1. The molecule has 0 N–H and O–H groups in total.